The number of imidazole rings is 1. The molecule has 3 nitrogen and oxygen atoms in total. The minimum atomic E-state index is -4.40. The Kier molecular flexibility index (Phi) is 4.34. The van der Waals surface area contributed by atoms with Crippen LogP contribution >= 0.6 is 0 Å². The third kappa shape index (κ3) is 3.45. The first-order valence-electron chi connectivity index (χ1n) is 8.77. The van der Waals surface area contributed by atoms with E-state index in [1.807, 2.05) is 31.2 Å². The van der Waals surface area contributed by atoms with E-state index in [1.165, 1.54) is 6.07 Å². The number of nitrogens with zero attached hydrogens (tertiary/aromatic N) is 1. The minimum Gasteiger partial charge on any atom is -0.306 e. The Hall–Kier alpha value is -3.28. The van der Waals surface area contributed by atoms with Crippen LogP contribution in [0.3, 0.4) is 0 Å². The highest BCUT2D eigenvalue weighted by Gasteiger charge is 2.30. The van der Waals surface area contributed by atoms with Gasteiger partial charge in [0.2, 0.25) is 0 Å². The van der Waals surface area contributed by atoms with Crippen LogP contribution in [0.15, 0.2) is 71.5 Å². The van der Waals surface area contributed by atoms with Gasteiger partial charge < -0.3 is 4.98 Å². The van der Waals surface area contributed by atoms with Gasteiger partial charge in [-0.05, 0) is 47.9 Å². The minimum absolute atomic E-state index is 0.253. The second kappa shape index (κ2) is 6.71. The maximum Gasteiger partial charge on any atom is 0.416 e. The summed E-state index contributed by atoms with van der Waals surface area (Å²) >= 11 is 0. The number of benzene rings is 3. The number of alkyl halides is 3. The molecule has 1 aromatic heterocycles. The molecule has 6 heteroatoms. The zero-order valence-corrected chi connectivity index (χ0v) is 15.0. The number of fused-ring (bicyclic) bond motifs is 1. The van der Waals surface area contributed by atoms with Crippen molar-refractivity contribution in [1.29, 1.82) is 0 Å². The first-order chi connectivity index (χ1) is 13.3. The van der Waals surface area contributed by atoms with E-state index in [0.29, 0.717) is 28.7 Å². The number of aromatic amines is 1. The van der Waals surface area contributed by atoms with Crippen molar-refractivity contribution in [2.45, 2.75) is 19.6 Å². The quantitative estimate of drug-likeness (QED) is 0.508. The van der Waals surface area contributed by atoms with E-state index in [4.69, 9.17) is 0 Å². The molecular weight excluding hydrogens is 365 g/mol. The fourth-order valence-electron chi connectivity index (χ4n) is 3.25. The van der Waals surface area contributed by atoms with E-state index in [2.05, 4.69) is 4.98 Å². The number of nitrogens with one attached hydrogen (secondary N) is 1. The predicted octanol–water partition coefficient (Wildman–Crippen LogP) is 5.37. The summed E-state index contributed by atoms with van der Waals surface area (Å²) in [6.07, 6.45) is -4.40. The fourth-order valence-corrected chi connectivity index (χ4v) is 3.25. The fraction of sp³-hybridized carbons (Fsp3) is 0.136. The van der Waals surface area contributed by atoms with Crippen LogP contribution < -0.4 is 5.69 Å². The Morgan fingerprint density at radius 3 is 2.36 bits per heavy atom. The van der Waals surface area contributed by atoms with Gasteiger partial charge in [-0.2, -0.15) is 13.2 Å². The van der Waals surface area contributed by atoms with E-state index in [0.717, 1.165) is 23.3 Å². The topological polar surface area (TPSA) is 37.8 Å². The largest absolute Gasteiger partial charge is 0.416 e. The third-order valence-corrected chi connectivity index (χ3v) is 4.76. The zero-order chi connectivity index (χ0) is 19.9. The molecule has 0 saturated carbocycles. The van der Waals surface area contributed by atoms with E-state index < -0.39 is 11.7 Å². The van der Waals surface area contributed by atoms with Crippen molar-refractivity contribution in [2.24, 2.45) is 0 Å². The molecule has 0 bridgehead atoms. The molecule has 0 aliphatic heterocycles. The SMILES string of the molecule is Cc1ccc(Cn2c(=O)[nH]c3cc(-c4cccc(C(F)(F)F)c4)ccc32)cc1. The Morgan fingerprint density at radius 2 is 1.64 bits per heavy atom. The lowest BCUT2D eigenvalue weighted by molar-refractivity contribution is -0.137. The lowest BCUT2D eigenvalue weighted by Crippen LogP contribution is -2.17. The molecule has 28 heavy (non-hydrogen) atoms. The molecule has 0 amide bonds. The number of H-pyrrole nitrogens is 1. The Bertz CT molecular complexity index is 1200. The lowest BCUT2D eigenvalue weighted by Gasteiger charge is -2.09. The summed E-state index contributed by atoms with van der Waals surface area (Å²) in [6, 6.07) is 18.3. The predicted molar refractivity (Wildman–Crippen MR) is 103 cm³/mol. The van der Waals surface area contributed by atoms with Gasteiger partial charge in [-0.3, -0.25) is 4.57 Å². The van der Waals surface area contributed by atoms with Gasteiger partial charge in [-0.15, -0.1) is 0 Å². The van der Waals surface area contributed by atoms with Crippen molar-refractivity contribution < 1.29 is 13.2 Å². The number of rotatable bonds is 3. The number of hydrogen-bond acceptors (Lipinski definition) is 1. The molecule has 1 N–H and O–H groups in total. The summed E-state index contributed by atoms with van der Waals surface area (Å²) in [4.78, 5) is 15.2. The van der Waals surface area contributed by atoms with Crippen molar-refractivity contribution in [2.75, 3.05) is 0 Å². The molecular formula is C22H17F3N2O. The molecule has 4 rings (SSSR count). The summed E-state index contributed by atoms with van der Waals surface area (Å²) in [5.41, 5.74) is 3.54. The molecule has 0 aliphatic rings. The molecule has 0 atom stereocenters. The van der Waals surface area contributed by atoms with Crippen LogP contribution in [0.4, 0.5) is 13.2 Å². The molecule has 0 saturated heterocycles. The third-order valence-electron chi connectivity index (χ3n) is 4.76. The maximum atomic E-state index is 13.0. The zero-order valence-electron chi connectivity index (χ0n) is 15.0. The number of aromatic nitrogens is 2. The van der Waals surface area contributed by atoms with Gasteiger partial charge in [0.05, 0.1) is 23.1 Å². The normalized spacial score (nSPS) is 11.9. The van der Waals surface area contributed by atoms with Gasteiger partial charge in [-0.25, -0.2) is 4.79 Å². The van der Waals surface area contributed by atoms with E-state index in [9.17, 15) is 18.0 Å². The molecule has 3 aromatic carbocycles. The Labute approximate surface area is 159 Å². The molecule has 1 heterocycles. The van der Waals surface area contributed by atoms with Crippen molar-refractivity contribution in [1.82, 2.24) is 9.55 Å². The summed E-state index contributed by atoms with van der Waals surface area (Å²) in [7, 11) is 0. The van der Waals surface area contributed by atoms with Gasteiger partial charge in [0.15, 0.2) is 0 Å². The summed E-state index contributed by atoms with van der Waals surface area (Å²) < 4.78 is 40.5. The molecule has 0 radical (unpaired) electrons. The molecule has 0 aliphatic carbocycles. The van der Waals surface area contributed by atoms with Gasteiger partial charge in [0.1, 0.15) is 0 Å². The molecule has 142 valence electrons. The van der Waals surface area contributed by atoms with Gasteiger partial charge >= 0.3 is 11.9 Å². The summed E-state index contributed by atoms with van der Waals surface area (Å²) in [6.45, 7) is 2.42. The molecule has 0 spiro atoms. The van der Waals surface area contributed by atoms with Gasteiger partial charge in [-0.1, -0.05) is 48.0 Å². The molecule has 4 aromatic rings. The van der Waals surface area contributed by atoms with Crippen molar-refractivity contribution in [3.05, 3.63) is 93.9 Å². The van der Waals surface area contributed by atoms with E-state index in [1.54, 1.807) is 28.8 Å². The van der Waals surface area contributed by atoms with Crippen molar-refractivity contribution >= 4 is 11.0 Å². The summed E-state index contributed by atoms with van der Waals surface area (Å²) in [5.74, 6) is 0. The average Bonchev–Trinajstić information content (AvgIpc) is 2.97. The highest BCUT2D eigenvalue weighted by molar-refractivity contribution is 5.82. The smallest absolute Gasteiger partial charge is 0.306 e. The van der Waals surface area contributed by atoms with Gasteiger partial charge in [0.25, 0.3) is 0 Å². The van der Waals surface area contributed by atoms with E-state index >= 15 is 0 Å². The second-order valence-electron chi connectivity index (χ2n) is 6.81. The monoisotopic (exact) mass is 382 g/mol. The highest BCUT2D eigenvalue weighted by atomic mass is 19.4. The van der Waals surface area contributed by atoms with Crippen LogP contribution in [-0.2, 0) is 12.7 Å². The lowest BCUT2D eigenvalue weighted by atomic mass is 10.0. The van der Waals surface area contributed by atoms with Crippen LogP contribution in [0.1, 0.15) is 16.7 Å². The van der Waals surface area contributed by atoms with Crippen LogP contribution in [-0.4, -0.2) is 9.55 Å². The summed E-state index contributed by atoms with van der Waals surface area (Å²) in [5, 5.41) is 0. The molecule has 0 fully saturated rings. The van der Waals surface area contributed by atoms with Crippen LogP contribution in [0.2, 0.25) is 0 Å². The van der Waals surface area contributed by atoms with E-state index in [-0.39, 0.29) is 5.69 Å². The van der Waals surface area contributed by atoms with Crippen LogP contribution in [0.5, 0.6) is 0 Å². The maximum absolute atomic E-state index is 13.0. The first kappa shape index (κ1) is 18.1. The number of aryl methyl sites for hydroxylation is 1. The number of hydrogen-bond donors (Lipinski definition) is 1. The average molecular weight is 382 g/mol. The Morgan fingerprint density at radius 1 is 0.929 bits per heavy atom. The molecule has 0 unspecified atom stereocenters. The van der Waals surface area contributed by atoms with Crippen LogP contribution in [0, 0.1) is 6.92 Å². The highest BCUT2D eigenvalue weighted by Crippen LogP contribution is 2.32. The van der Waals surface area contributed by atoms with Crippen molar-refractivity contribution in [3.63, 3.8) is 0 Å². The standard InChI is InChI=1S/C22H17F3N2O/c1-14-5-7-15(8-6-14)13-27-20-10-9-17(12-19(20)26-21(27)28)16-3-2-4-18(11-16)22(23,24)25/h2-12H,13H2,1H3,(H,26,28). The van der Waals surface area contributed by atoms with Crippen LogP contribution in [0.25, 0.3) is 22.2 Å². The number of halogens is 3. The van der Waals surface area contributed by atoms with Gasteiger partial charge in [0, 0.05) is 0 Å². The second-order valence-corrected chi connectivity index (χ2v) is 6.81. The Balaban J connectivity index is 1.73. The van der Waals surface area contributed by atoms with Crippen molar-refractivity contribution in [3.8, 4) is 11.1 Å². The first-order valence-corrected chi connectivity index (χ1v) is 8.77.